The zero-order chi connectivity index (χ0) is 23.4. The number of rotatable bonds is 8. The number of fused-ring (bicyclic) bond motifs is 1. The molecule has 2 atom stereocenters. The highest BCUT2D eigenvalue weighted by Crippen LogP contribution is 2.34. The second-order valence-corrected chi connectivity index (χ2v) is 7.83. The van der Waals surface area contributed by atoms with Gasteiger partial charge in [-0.15, -0.1) is 0 Å². The maximum absolute atomic E-state index is 13.0. The number of carbonyl (C=O) groups excluding carboxylic acids is 2. The average Bonchev–Trinajstić information content (AvgIpc) is 3.15. The molecule has 1 amide bonds. The van der Waals surface area contributed by atoms with Gasteiger partial charge in [0.2, 0.25) is 0 Å². The van der Waals surface area contributed by atoms with E-state index in [-0.39, 0.29) is 18.5 Å². The van der Waals surface area contributed by atoms with Gasteiger partial charge >= 0.3 is 5.97 Å². The van der Waals surface area contributed by atoms with Crippen LogP contribution in [-0.4, -0.2) is 41.9 Å². The summed E-state index contributed by atoms with van der Waals surface area (Å²) in [4.78, 5) is 25.0. The molecule has 32 heavy (non-hydrogen) atoms. The van der Waals surface area contributed by atoms with Crippen molar-refractivity contribution >= 4 is 34.4 Å². The Bertz CT molecular complexity index is 1120. The van der Waals surface area contributed by atoms with Crippen LogP contribution in [0, 0.1) is 0 Å². The molecule has 0 aliphatic rings. The molecule has 7 nitrogen and oxygen atoms in total. The van der Waals surface area contributed by atoms with Gasteiger partial charge in [-0.05, 0) is 43.2 Å². The topological polar surface area (TPSA) is 89.8 Å². The number of aliphatic hydroxyl groups excluding tert-OH is 1. The zero-order valence-electron chi connectivity index (χ0n) is 18.5. The number of ether oxygens (including phenoxy) is 2. The Morgan fingerprint density at radius 3 is 2.41 bits per heavy atom. The first kappa shape index (κ1) is 23.6. The number of nitrogens with one attached hydrogen (secondary N) is 1. The number of methoxy groups -OCH3 is 1. The third-order valence-electron chi connectivity index (χ3n) is 5.54. The molecule has 0 saturated carbocycles. The van der Waals surface area contributed by atoms with Gasteiger partial charge < -0.3 is 24.5 Å². The van der Waals surface area contributed by atoms with Crippen molar-refractivity contribution in [2.24, 2.45) is 7.05 Å². The Morgan fingerprint density at radius 2 is 1.81 bits per heavy atom. The molecular formula is C24H27ClN2O5. The van der Waals surface area contributed by atoms with Crippen molar-refractivity contribution in [3.05, 3.63) is 64.3 Å². The third kappa shape index (κ3) is 4.59. The molecule has 1 unspecified atom stereocenters. The summed E-state index contributed by atoms with van der Waals surface area (Å²) in [5.74, 6) is -0.508. The normalized spacial score (nSPS) is 12.9. The molecule has 0 bridgehead atoms. The lowest BCUT2D eigenvalue weighted by Gasteiger charge is -2.18. The Kier molecular flexibility index (Phi) is 7.43. The molecule has 2 N–H and O–H groups in total. The molecule has 0 fully saturated rings. The van der Waals surface area contributed by atoms with Crippen molar-refractivity contribution in [2.45, 2.75) is 25.8 Å². The molecule has 0 spiro atoms. The molecule has 0 saturated heterocycles. The predicted octanol–water partition coefficient (Wildman–Crippen LogP) is 3.97. The zero-order valence-corrected chi connectivity index (χ0v) is 19.3. The first-order valence-electron chi connectivity index (χ1n) is 10.3. The first-order valence-corrected chi connectivity index (χ1v) is 10.7. The Balaban J connectivity index is 1.81. The largest absolute Gasteiger partial charge is 0.495 e. The van der Waals surface area contributed by atoms with Crippen molar-refractivity contribution in [3.63, 3.8) is 0 Å². The number of benzene rings is 2. The van der Waals surface area contributed by atoms with Crippen LogP contribution >= 0.6 is 11.6 Å². The van der Waals surface area contributed by atoms with Crippen molar-refractivity contribution in [3.8, 4) is 5.75 Å². The van der Waals surface area contributed by atoms with Gasteiger partial charge in [-0.1, -0.05) is 35.9 Å². The van der Waals surface area contributed by atoms with Crippen LogP contribution in [0.4, 0.5) is 0 Å². The standard InChI is InChI=1S/C24H27ClN2O5/c1-5-32-24(30)14(2)15-6-8-16(9-7-15)18(13-28)26-23(29)20-12-17-19(27(20)3)10-11-21(31-4)22(17)25/h6-12,14,18,28H,5,13H2,1-4H3,(H,26,29)/t14?,18-/m1/s1. The fraction of sp³-hybridized carbons (Fsp3) is 0.333. The summed E-state index contributed by atoms with van der Waals surface area (Å²) in [7, 11) is 3.31. The smallest absolute Gasteiger partial charge is 0.313 e. The monoisotopic (exact) mass is 458 g/mol. The number of carbonyl (C=O) groups is 2. The molecule has 1 aromatic heterocycles. The van der Waals surface area contributed by atoms with Crippen LogP contribution < -0.4 is 10.1 Å². The molecule has 0 aliphatic heterocycles. The van der Waals surface area contributed by atoms with Gasteiger partial charge in [-0.3, -0.25) is 9.59 Å². The van der Waals surface area contributed by atoms with Gasteiger partial charge in [-0.25, -0.2) is 0 Å². The molecule has 8 heteroatoms. The molecule has 3 aromatic rings. The number of aryl methyl sites for hydroxylation is 1. The van der Waals surface area contributed by atoms with Gasteiger partial charge in [0.25, 0.3) is 5.91 Å². The van der Waals surface area contributed by atoms with Crippen molar-refractivity contribution in [1.29, 1.82) is 0 Å². The molecule has 0 aliphatic carbocycles. The van der Waals surface area contributed by atoms with E-state index in [9.17, 15) is 14.7 Å². The van der Waals surface area contributed by atoms with E-state index in [4.69, 9.17) is 21.1 Å². The maximum Gasteiger partial charge on any atom is 0.313 e. The van der Waals surface area contributed by atoms with Crippen LogP contribution in [0.3, 0.4) is 0 Å². The summed E-state index contributed by atoms with van der Waals surface area (Å²) < 4.78 is 12.1. The average molecular weight is 459 g/mol. The van der Waals surface area contributed by atoms with E-state index in [0.29, 0.717) is 28.5 Å². The summed E-state index contributed by atoms with van der Waals surface area (Å²) >= 11 is 6.40. The van der Waals surface area contributed by atoms with Crippen molar-refractivity contribution < 1.29 is 24.2 Å². The number of esters is 1. The van der Waals surface area contributed by atoms with Gasteiger partial charge in [0.15, 0.2) is 0 Å². The van der Waals surface area contributed by atoms with E-state index in [1.807, 2.05) is 6.07 Å². The summed E-state index contributed by atoms with van der Waals surface area (Å²) in [5, 5.41) is 13.9. The Hall–Kier alpha value is -3.03. The molecule has 2 aromatic carbocycles. The van der Waals surface area contributed by atoms with Gasteiger partial charge in [-0.2, -0.15) is 0 Å². The summed E-state index contributed by atoms with van der Waals surface area (Å²) in [5.41, 5.74) is 2.71. The van der Waals surface area contributed by atoms with E-state index >= 15 is 0 Å². The second kappa shape index (κ2) is 10.1. The number of nitrogens with zero attached hydrogens (tertiary/aromatic N) is 1. The lowest BCUT2D eigenvalue weighted by molar-refractivity contribution is -0.144. The summed E-state index contributed by atoms with van der Waals surface area (Å²) in [6, 6.07) is 11.9. The molecule has 1 heterocycles. The minimum atomic E-state index is -0.613. The van der Waals surface area contributed by atoms with E-state index in [1.54, 1.807) is 61.9 Å². The lowest BCUT2D eigenvalue weighted by atomic mass is 9.98. The van der Waals surface area contributed by atoms with Gasteiger partial charge in [0.05, 0.1) is 42.8 Å². The minimum absolute atomic E-state index is 0.281. The SMILES string of the molecule is CCOC(=O)C(C)c1ccc([C@@H](CO)NC(=O)c2cc3c(Cl)c(OC)ccc3n2C)cc1. The Labute approximate surface area is 191 Å². The van der Waals surface area contributed by atoms with Crippen LogP contribution in [0.25, 0.3) is 10.9 Å². The Morgan fingerprint density at radius 1 is 1.16 bits per heavy atom. The van der Waals surface area contributed by atoms with E-state index in [2.05, 4.69) is 5.32 Å². The number of aromatic nitrogens is 1. The summed E-state index contributed by atoms with van der Waals surface area (Å²) in [6.07, 6.45) is 0. The highest BCUT2D eigenvalue weighted by molar-refractivity contribution is 6.37. The predicted molar refractivity (Wildman–Crippen MR) is 123 cm³/mol. The fourth-order valence-electron chi connectivity index (χ4n) is 3.62. The van der Waals surface area contributed by atoms with E-state index in [0.717, 1.165) is 16.6 Å². The molecular weight excluding hydrogens is 432 g/mol. The van der Waals surface area contributed by atoms with Gasteiger partial charge in [0.1, 0.15) is 11.4 Å². The quantitative estimate of drug-likeness (QED) is 0.498. The fourth-order valence-corrected chi connectivity index (χ4v) is 3.91. The highest BCUT2D eigenvalue weighted by Gasteiger charge is 2.21. The molecule has 170 valence electrons. The number of hydrogen-bond acceptors (Lipinski definition) is 5. The van der Waals surface area contributed by atoms with Gasteiger partial charge in [0, 0.05) is 12.4 Å². The summed E-state index contributed by atoms with van der Waals surface area (Å²) in [6.45, 7) is 3.59. The molecule has 0 radical (unpaired) electrons. The van der Waals surface area contributed by atoms with Crippen molar-refractivity contribution in [1.82, 2.24) is 9.88 Å². The van der Waals surface area contributed by atoms with Crippen LogP contribution in [0.5, 0.6) is 5.75 Å². The number of aliphatic hydroxyl groups is 1. The minimum Gasteiger partial charge on any atom is -0.495 e. The lowest BCUT2D eigenvalue weighted by Crippen LogP contribution is -2.32. The number of hydrogen-bond donors (Lipinski definition) is 2. The second-order valence-electron chi connectivity index (χ2n) is 7.45. The highest BCUT2D eigenvalue weighted by atomic mass is 35.5. The van der Waals surface area contributed by atoms with Crippen LogP contribution in [0.2, 0.25) is 5.02 Å². The van der Waals surface area contributed by atoms with Crippen molar-refractivity contribution in [2.75, 3.05) is 20.3 Å². The third-order valence-corrected chi connectivity index (χ3v) is 5.93. The first-order chi connectivity index (χ1) is 15.3. The number of amides is 1. The van der Waals surface area contributed by atoms with E-state index in [1.165, 1.54) is 7.11 Å². The van der Waals surface area contributed by atoms with Crippen LogP contribution in [0.15, 0.2) is 42.5 Å². The molecule has 3 rings (SSSR count). The van der Waals surface area contributed by atoms with Crippen LogP contribution in [0.1, 0.15) is 47.4 Å². The maximum atomic E-state index is 13.0. The number of halogens is 1. The van der Waals surface area contributed by atoms with E-state index < -0.39 is 12.0 Å². The van der Waals surface area contributed by atoms with Crippen LogP contribution in [-0.2, 0) is 16.6 Å².